The van der Waals surface area contributed by atoms with Crippen LogP contribution in [-0.4, -0.2) is 23.5 Å². The second kappa shape index (κ2) is 6.16. The minimum atomic E-state index is -0.467. The van der Waals surface area contributed by atoms with Crippen molar-refractivity contribution in [2.45, 2.75) is 6.92 Å². The number of benzene rings is 2. The van der Waals surface area contributed by atoms with Gasteiger partial charge in [-0.1, -0.05) is 0 Å². The van der Waals surface area contributed by atoms with Gasteiger partial charge in [-0.15, -0.1) is 0 Å². The molecule has 0 aliphatic rings. The van der Waals surface area contributed by atoms with Crippen LogP contribution in [0.25, 0.3) is 10.9 Å². The van der Waals surface area contributed by atoms with Gasteiger partial charge in [0.05, 0.1) is 18.2 Å². The summed E-state index contributed by atoms with van der Waals surface area (Å²) in [5.74, 6) is -0.465. The second-order valence-electron chi connectivity index (χ2n) is 5.28. The number of nitrogens with zero attached hydrogens (tertiary/aromatic N) is 1. The largest absolute Gasteiger partial charge is 0.497 e. The molecule has 3 aromatic rings. The third-order valence-electron chi connectivity index (χ3n) is 3.70. The number of carbonyl (C=O) groups excluding carboxylic acids is 2. The molecule has 0 radical (unpaired) electrons. The Hall–Kier alpha value is -3.15. The van der Waals surface area contributed by atoms with Gasteiger partial charge >= 0.3 is 0 Å². The van der Waals surface area contributed by atoms with Crippen LogP contribution in [0.5, 0.6) is 5.75 Å². The Morgan fingerprint density at radius 3 is 2.46 bits per heavy atom. The van der Waals surface area contributed by atoms with Gasteiger partial charge in [-0.25, -0.2) is 4.39 Å². The zero-order valence-corrected chi connectivity index (χ0v) is 13.2. The molecule has 2 aromatic carbocycles. The Balaban J connectivity index is 1.98. The lowest BCUT2D eigenvalue weighted by atomic mass is 10.1. The molecular formula is C18H15FN2O3. The molecule has 0 saturated carbocycles. The molecule has 1 aromatic heterocycles. The second-order valence-corrected chi connectivity index (χ2v) is 5.28. The number of aromatic nitrogens is 1. The number of hydrogen-bond donors (Lipinski definition) is 1. The molecule has 0 unspecified atom stereocenters. The predicted molar refractivity (Wildman–Crippen MR) is 89.1 cm³/mol. The van der Waals surface area contributed by atoms with Crippen molar-refractivity contribution in [2.24, 2.45) is 0 Å². The number of nitrogens with one attached hydrogen (secondary N) is 1. The summed E-state index contributed by atoms with van der Waals surface area (Å²) in [4.78, 5) is 24.3. The van der Waals surface area contributed by atoms with Crippen LogP contribution in [0, 0.1) is 5.82 Å². The first-order valence-corrected chi connectivity index (χ1v) is 7.26. The van der Waals surface area contributed by atoms with E-state index in [9.17, 15) is 14.0 Å². The van der Waals surface area contributed by atoms with Crippen LogP contribution in [0.4, 0.5) is 10.1 Å². The van der Waals surface area contributed by atoms with E-state index in [2.05, 4.69) is 5.32 Å². The molecule has 1 amide bonds. The van der Waals surface area contributed by atoms with E-state index in [-0.39, 0.29) is 11.8 Å². The SMILES string of the molecule is COc1ccc(NC(=O)c2cn(C(C)=O)c3cc(F)ccc23)cc1. The molecule has 122 valence electrons. The molecule has 6 heteroatoms. The van der Waals surface area contributed by atoms with Crippen LogP contribution in [0.3, 0.4) is 0 Å². The maximum Gasteiger partial charge on any atom is 0.257 e. The average molecular weight is 326 g/mol. The van der Waals surface area contributed by atoms with Crippen LogP contribution < -0.4 is 10.1 Å². The summed E-state index contributed by atoms with van der Waals surface area (Å²) >= 11 is 0. The smallest absolute Gasteiger partial charge is 0.257 e. The van der Waals surface area contributed by atoms with E-state index in [1.165, 1.54) is 35.9 Å². The van der Waals surface area contributed by atoms with Gasteiger partial charge in [-0.3, -0.25) is 14.2 Å². The van der Waals surface area contributed by atoms with Crippen LogP contribution in [0.2, 0.25) is 0 Å². The van der Waals surface area contributed by atoms with Crippen molar-refractivity contribution >= 4 is 28.4 Å². The molecule has 0 saturated heterocycles. The van der Waals surface area contributed by atoms with Crippen molar-refractivity contribution in [3.05, 3.63) is 60.0 Å². The zero-order valence-electron chi connectivity index (χ0n) is 13.2. The Kier molecular flexibility index (Phi) is 4.04. The molecule has 0 atom stereocenters. The monoisotopic (exact) mass is 326 g/mol. The highest BCUT2D eigenvalue weighted by Gasteiger charge is 2.17. The number of ether oxygens (including phenoxy) is 1. The summed E-state index contributed by atoms with van der Waals surface area (Å²) in [6.07, 6.45) is 1.42. The number of anilines is 1. The highest BCUT2D eigenvalue weighted by atomic mass is 19.1. The third-order valence-corrected chi connectivity index (χ3v) is 3.70. The van der Waals surface area contributed by atoms with E-state index in [0.717, 1.165) is 0 Å². The van der Waals surface area contributed by atoms with Crippen molar-refractivity contribution in [3.63, 3.8) is 0 Å². The van der Waals surface area contributed by atoms with Gasteiger partial charge in [0.15, 0.2) is 0 Å². The number of halogens is 1. The maximum atomic E-state index is 13.5. The highest BCUT2D eigenvalue weighted by molar-refractivity contribution is 6.14. The minimum absolute atomic E-state index is 0.297. The lowest BCUT2D eigenvalue weighted by Crippen LogP contribution is -2.11. The standard InChI is InChI=1S/C18H15FN2O3/c1-11(22)21-10-16(15-8-3-12(19)9-17(15)21)18(23)20-13-4-6-14(24-2)7-5-13/h3-10H,1-2H3,(H,20,23). The van der Waals surface area contributed by atoms with E-state index in [1.54, 1.807) is 31.4 Å². The van der Waals surface area contributed by atoms with Gasteiger partial charge in [0.1, 0.15) is 11.6 Å². The predicted octanol–water partition coefficient (Wildman–Crippen LogP) is 3.70. The Bertz CT molecular complexity index is 929. The lowest BCUT2D eigenvalue weighted by Gasteiger charge is -2.05. The number of fused-ring (bicyclic) bond motifs is 1. The van der Waals surface area contributed by atoms with Crippen molar-refractivity contribution in [3.8, 4) is 5.75 Å². The van der Waals surface area contributed by atoms with Crippen molar-refractivity contribution in [1.82, 2.24) is 4.57 Å². The Morgan fingerprint density at radius 2 is 1.83 bits per heavy atom. The van der Waals surface area contributed by atoms with Crippen LogP contribution in [0.1, 0.15) is 22.1 Å². The van der Waals surface area contributed by atoms with Gasteiger partial charge in [-0.05, 0) is 42.5 Å². The zero-order chi connectivity index (χ0) is 17.3. The summed E-state index contributed by atoms with van der Waals surface area (Å²) in [5.41, 5.74) is 1.25. The number of carbonyl (C=O) groups is 2. The molecule has 1 N–H and O–H groups in total. The number of amides is 1. The molecule has 0 spiro atoms. The van der Waals surface area contributed by atoms with Gasteiger partial charge < -0.3 is 10.1 Å². The molecule has 1 heterocycles. The molecular weight excluding hydrogens is 311 g/mol. The van der Waals surface area contributed by atoms with E-state index in [1.807, 2.05) is 0 Å². The maximum absolute atomic E-state index is 13.5. The van der Waals surface area contributed by atoms with Gasteiger partial charge in [0.2, 0.25) is 5.91 Å². The third kappa shape index (κ3) is 2.86. The van der Waals surface area contributed by atoms with Crippen molar-refractivity contribution in [2.75, 3.05) is 12.4 Å². The van der Waals surface area contributed by atoms with E-state index in [4.69, 9.17) is 4.74 Å². The first-order chi connectivity index (χ1) is 11.5. The molecule has 24 heavy (non-hydrogen) atoms. The van der Waals surface area contributed by atoms with E-state index < -0.39 is 5.82 Å². The highest BCUT2D eigenvalue weighted by Crippen LogP contribution is 2.24. The summed E-state index contributed by atoms with van der Waals surface area (Å²) in [5, 5.41) is 3.27. The number of methoxy groups -OCH3 is 1. The number of hydrogen-bond acceptors (Lipinski definition) is 3. The normalized spacial score (nSPS) is 10.6. The molecule has 5 nitrogen and oxygen atoms in total. The minimum Gasteiger partial charge on any atom is -0.497 e. The quantitative estimate of drug-likeness (QED) is 0.798. The fraction of sp³-hybridized carbons (Fsp3) is 0.111. The summed E-state index contributed by atoms with van der Waals surface area (Å²) in [6, 6.07) is 10.9. The van der Waals surface area contributed by atoms with Gasteiger partial charge in [-0.2, -0.15) is 0 Å². The molecule has 0 aliphatic carbocycles. The van der Waals surface area contributed by atoms with E-state index >= 15 is 0 Å². The Morgan fingerprint density at radius 1 is 1.12 bits per heavy atom. The van der Waals surface area contributed by atoms with Gasteiger partial charge in [0, 0.05) is 24.2 Å². The summed E-state index contributed by atoms with van der Waals surface area (Å²) in [6.45, 7) is 1.36. The molecule has 3 rings (SSSR count). The van der Waals surface area contributed by atoms with E-state index in [0.29, 0.717) is 27.9 Å². The first-order valence-electron chi connectivity index (χ1n) is 7.26. The summed E-state index contributed by atoms with van der Waals surface area (Å²) in [7, 11) is 1.56. The fourth-order valence-electron chi connectivity index (χ4n) is 2.51. The average Bonchev–Trinajstić information content (AvgIpc) is 2.94. The van der Waals surface area contributed by atoms with Crippen LogP contribution in [-0.2, 0) is 0 Å². The Labute approximate surface area is 137 Å². The lowest BCUT2D eigenvalue weighted by molar-refractivity contribution is 0.0941. The van der Waals surface area contributed by atoms with Gasteiger partial charge in [0.25, 0.3) is 5.91 Å². The van der Waals surface area contributed by atoms with Crippen LogP contribution >= 0.6 is 0 Å². The first kappa shape index (κ1) is 15.7. The topological polar surface area (TPSA) is 60.3 Å². The summed E-state index contributed by atoms with van der Waals surface area (Å²) < 4.78 is 19.8. The van der Waals surface area contributed by atoms with Crippen molar-refractivity contribution in [1.29, 1.82) is 0 Å². The number of rotatable bonds is 3. The van der Waals surface area contributed by atoms with Crippen LogP contribution in [0.15, 0.2) is 48.7 Å². The molecule has 0 fully saturated rings. The molecule has 0 aliphatic heterocycles. The molecule has 0 bridgehead atoms. The van der Waals surface area contributed by atoms with Crippen molar-refractivity contribution < 1.29 is 18.7 Å². The fourth-order valence-corrected chi connectivity index (χ4v) is 2.51.